The maximum Gasteiger partial charge on any atom is 0.153 e. The molecule has 1 N–H and O–H groups in total. The summed E-state index contributed by atoms with van der Waals surface area (Å²) < 4.78 is 22.4. The van der Waals surface area contributed by atoms with Gasteiger partial charge in [-0.1, -0.05) is 6.42 Å². The molecule has 5 heteroatoms. The van der Waals surface area contributed by atoms with Crippen molar-refractivity contribution in [1.29, 1.82) is 0 Å². The van der Waals surface area contributed by atoms with E-state index in [0.29, 0.717) is 6.54 Å². The first-order valence-electron chi connectivity index (χ1n) is 6.96. The highest BCUT2D eigenvalue weighted by molar-refractivity contribution is 7.92. The van der Waals surface area contributed by atoms with E-state index in [2.05, 4.69) is 10.2 Å². The van der Waals surface area contributed by atoms with Crippen molar-refractivity contribution in [3.63, 3.8) is 0 Å². The molecule has 0 spiro atoms. The number of hydrogen-bond donors (Lipinski definition) is 1. The molecule has 1 aliphatic rings. The Hall–Kier alpha value is -0.130. The van der Waals surface area contributed by atoms with Crippen LogP contribution >= 0.6 is 0 Å². The highest BCUT2D eigenvalue weighted by Gasteiger charge is 2.29. The quantitative estimate of drug-likeness (QED) is 0.712. The summed E-state index contributed by atoms with van der Waals surface area (Å²) in [5.74, 6) is 0. The van der Waals surface area contributed by atoms with Gasteiger partial charge < -0.3 is 10.2 Å². The fourth-order valence-corrected chi connectivity index (χ4v) is 2.50. The summed E-state index contributed by atoms with van der Waals surface area (Å²) in [5, 5.41) is 3.27. The van der Waals surface area contributed by atoms with Crippen LogP contribution in [0.3, 0.4) is 0 Å². The summed E-state index contributed by atoms with van der Waals surface area (Å²) in [6.07, 6.45) is 6.43. The van der Waals surface area contributed by atoms with Gasteiger partial charge in [0.25, 0.3) is 0 Å². The van der Waals surface area contributed by atoms with Crippen molar-refractivity contribution in [1.82, 2.24) is 10.2 Å². The Kier molecular flexibility index (Phi) is 6.08. The molecule has 0 aliphatic carbocycles. The Morgan fingerprint density at radius 1 is 1.17 bits per heavy atom. The van der Waals surface area contributed by atoms with Crippen LogP contribution in [0.2, 0.25) is 0 Å². The number of piperidine rings is 1. The van der Waals surface area contributed by atoms with Crippen molar-refractivity contribution < 1.29 is 8.42 Å². The van der Waals surface area contributed by atoms with E-state index in [9.17, 15) is 8.42 Å². The van der Waals surface area contributed by atoms with Crippen molar-refractivity contribution in [2.24, 2.45) is 0 Å². The molecule has 0 unspecified atom stereocenters. The van der Waals surface area contributed by atoms with Gasteiger partial charge in [-0.05, 0) is 59.3 Å². The van der Waals surface area contributed by atoms with Gasteiger partial charge in [0.2, 0.25) is 0 Å². The molecule has 1 rings (SSSR count). The standard InChI is InChI=1S/C13H28N2O2S/c1-13(2,18(3,16)17)12-14-8-7-11-15-9-5-4-6-10-15/h14H,4-12H2,1-3H3. The van der Waals surface area contributed by atoms with Gasteiger partial charge in [-0.25, -0.2) is 8.42 Å². The maximum absolute atomic E-state index is 11.5. The Morgan fingerprint density at radius 2 is 1.78 bits per heavy atom. The number of rotatable bonds is 7. The molecule has 0 aromatic carbocycles. The van der Waals surface area contributed by atoms with E-state index in [1.54, 1.807) is 13.8 Å². The highest BCUT2D eigenvalue weighted by atomic mass is 32.2. The zero-order valence-electron chi connectivity index (χ0n) is 12.0. The van der Waals surface area contributed by atoms with E-state index in [-0.39, 0.29) is 0 Å². The first kappa shape index (κ1) is 15.9. The molecule has 0 aromatic heterocycles. The molecule has 0 aromatic rings. The van der Waals surface area contributed by atoms with E-state index >= 15 is 0 Å². The largest absolute Gasteiger partial charge is 0.315 e. The van der Waals surface area contributed by atoms with Crippen LogP contribution < -0.4 is 5.32 Å². The second kappa shape index (κ2) is 6.87. The lowest BCUT2D eigenvalue weighted by Crippen LogP contribution is -2.42. The molecule has 0 bridgehead atoms. The SMILES string of the molecule is CC(C)(CNCCCN1CCCCC1)S(C)(=O)=O. The smallest absolute Gasteiger partial charge is 0.153 e. The molecule has 0 saturated carbocycles. The first-order valence-corrected chi connectivity index (χ1v) is 8.85. The normalized spacial score (nSPS) is 19.1. The fraction of sp³-hybridized carbons (Fsp3) is 1.00. The molecule has 1 heterocycles. The van der Waals surface area contributed by atoms with Gasteiger partial charge in [-0.15, -0.1) is 0 Å². The van der Waals surface area contributed by atoms with Crippen LogP contribution in [0.25, 0.3) is 0 Å². The first-order chi connectivity index (χ1) is 8.33. The number of nitrogens with one attached hydrogen (secondary N) is 1. The summed E-state index contributed by atoms with van der Waals surface area (Å²) >= 11 is 0. The molecule has 0 atom stereocenters. The van der Waals surface area contributed by atoms with Crippen LogP contribution in [0.4, 0.5) is 0 Å². The summed E-state index contributed by atoms with van der Waals surface area (Å²) in [7, 11) is -2.98. The van der Waals surface area contributed by atoms with Crippen LogP contribution in [-0.4, -0.2) is 57.0 Å². The van der Waals surface area contributed by atoms with E-state index in [4.69, 9.17) is 0 Å². The molecule has 108 valence electrons. The van der Waals surface area contributed by atoms with Gasteiger partial charge in [0.15, 0.2) is 9.84 Å². The van der Waals surface area contributed by atoms with Crippen molar-refractivity contribution in [3.8, 4) is 0 Å². The maximum atomic E-state index is 11.5. The minimum absolute atomic E-state index is 0.534. The lowest BCUT2D eigenvalue weighted by molar-refractivity contribution is 0.225. The molecule has 1 aliphatic heterocycles. The average Bonchev–Trinajstić information content (AvgIpc) is 2.28. The van der Waals surface area contributed by atoms with Crippen LogP contribution in [0.15, 0.2) is 0 Å². The van der Waals surface area contributed by atoms with E-state index in [0.717, 1.165) is 19.5 Å². The van der Waals surface area contributed by atoms with Gasteiger partial charge in [0.1, 0.15) is 0 Å². The number of hydrogen-bond acceptors (Lipinski definition) is 4. The van der Waals surface area contributed by atoms with Crippen molar-refractivity contribution in [3.05, 3.63) is 0 Å². The molecule has 1 saturated heterocycles. The molecule has 4 nitrogen and oxygen atoms in total. The summed E-state index contributed by atoms with van der Waals surface area (Å²) in [5.41, 5.74) is 0. The Morgan fingerprint density at radius 3 is 2.33 bits per heavy atom. The lowest BCUT2D eigenvalue weighted by atomic mass is 10.1. The van der Waals surface area contributed by atoms with Crippen LogP contribution in [-0.2, 0) is 9.84 Å². The second-order valence-corrected chi connectivity index (χ2v) is 8.61. The topological polar surface area (TPSA) is 49.4 Å². The summed E-state index contributed by atoms with van der Waals surface area (Å²) in [4.78, 5) is 2.51. The lowest BCUT2D eigenvalue weighted by Gasteiger charge is -2.27. The third kappa shape index (κ3) is 5.24. The Balaban J connectivity index is 2.11. The van der Waals surface area contributed by atoms with Gasteiger partial charge in [0.05, 0.1) is 4.75 Å². The third-order valence-corrected chi connectivity index (χ3v) is 5.98. The van der Waals surface area contributed by atoms with Gasteiger partial charge in [0, 0.05) is 12.8 Å². The zero-order valence-corrected chi connectivity index (χ0v) is 12.9. The fourth-order valence-electron chi connectivity index (χ4n) is 2.13. The predicted molar refractivity (Wildman–Crippen MR) is 76.7 cm³/mol. The van der Waals surface area contributed by atoms with Crippen molar-refractivity contribution >= 4 is 9.84 Å². The molecule has 1 fully saturated rings. The second-order valence-electron chi connectivity index (χ2n) is 5.96. The molecule has 0 amide bonds. The molecular formula is C13H28N2O2S. The predicted octanol–water partition coefficient (Wildman–Crippen LogP) is 1.28. The third-order valence-electron chi connectivity index (χ3n) is 3.83. The van der Waals surface area contributed by atoms with E-state index < -0.39 is 14.6 Å². The average molecular weight is 276 g/mol. The number of likely N-dealkylation sites (tertiary alicyclic amines) is 1. The van der Waals surface area contributed by atoms with Gasteiger partial charge in [-0.2, -0.15) is 0 Å². The Bertz CT molecular complexity index is 333. The highest BCUT2D eigenvalue weighted by Crippen LogP contribution is 2.13. The zero-order chi connectivity index (χ0) is 13.6. The minimum atomic E-state index is -2.98. The van der Waals surface area contributed by atoms with E-state index in [1.165, 1.54) is 38.6 Å². The van der Waals surface area contributed by atoms with Gasteiger partial charge >= 0.3 is 0 Å². The van der Waals surface area contributed by atoms with Crippen LogP contribution in [0.5, 0.6) is 0 Å². The monoisotopic (exact) mass is 276 g/mol. The summed E-state index contributed by atoms with van der Waals surface area (Å²) in [6.45, 7) is 8.58. The van der Waals surface area contributed by atoms with Gasteiger partial charge in [-0.3, -0.25) is 0 Å². The minimum Gasteiger partial charge on any atom is -0.315 e. The van der Waals surface area contributed by atoms with Crippen molar-refractivity contribution in [2.75, 3.05) is 39.0 Å². The van der Waals surface area contributed by atoms with E-state index in [1.807, 2.05) is 0 Å². The number of nitrogens with zero attached hydrogens (tertiary/aromatic N) is 1. The molecular weight excluding hydrogens is 248 g/mol. The van der Waals surface area contributed by atoms with Crippen LogP contribution in [0.1, 0.15) is 39.5 Å². The molecule has 0 radical (unpaired) electrons. The van der Waals surface area contributed by atoms with Crippen LogP contribution in [0, 0.1) is 0 Å². The molecule has 18 heavy (non-hydrogen) atoms. The van der Waals surface area contributed by atoms with Crippen molar-refractivity contribution in [2.45, 2.75) is 44.3 Å². The number of sulfone groups is 1. The Labute approximate surface area is 112 Å². The summed E-state index contributed by atoms with van der Waals surface area (Å²) in [6, 6.07) is 0.